The van der Waals surface area contributed by atoms with Gasteiger partial charge in [0, 0.05) is 25.6 Å². The average molecular weight is 781 g/mol. The minimum absolute atomic E-state index is 0.298. The molecule has 2 heterocycles. The lowest BCUT2D eigenvalue weighted by Crippen LogP contribution is -2.12. The Morgan fingerprint density at radius 1 is 0.414 bits per heavy atom. The molecule has 4 aromatic carbocycles. The van der Waals surface area contributed by atoms with Crippen molar-refractivity contribution < 1.29 is 9.47 Å². The monoisotopic (exact) mass is 781 g/mol. The van der Waals surface area contributed by atoms with Gasteiger partial charge in [-0.15, -0.1) is 10.2 Å². The van der Waals surface area contributed by atoms with Gasteiger partial charge in [0.1, 0.15) is 0 Å². The summed E-state index contributed by atoms with van der Waals surface area (Å²) in [6.45, 7) is 17.8. The number of ether oxygens (including phenoxy) is 2. The molecule has 0 saturated heterocycles. The van der Waals surface area contributed by atoms with E-state index >= 15 is 0 Å². The Morgan fingerprint density at radius 3 is 1.09 bits per heavy atom. The molecule has 0 spiro atoms. The predicted molar refractivity (Wildman–Crippen MR) is 235 cm³/mol. The molecule has 0 N–H and O–H groups in total. The van der Waals surface area contributed by atoms with Crippen LogP contribution in [0.4, 0.5) is 0 Å². The van der Waals surface area contributed by atoms with E-state index < -0.39 is 0 Å². The van der Waals surface area contributed by atoms with Crippen LogP contribution in [0.5, 0.6) is 0 Å². The van der Waals surface area contributed by atoms with Crippen LogP contribution in [-0.2, 0) is 61.1 Å². The molecule has 0 aliphatic rings. The van der Waals surface area contributed by atoms with Gasteiger partial charge in [0.2, 0.25) is 0 Å². The minimum Gasteiger partial charge on any atom is -0.380 e. The SMILES string of the molecule is CC(C)(C)CCOCCn1cc(CCc2ccc(Cc3ccc(-c4ccc(Cc5ccc(CCc6cn(CCOCCC(C)(C)C)nn6)cc5)cc4)cc3)cc2)nn1. The molecule has 6 rings (SSSR count). The van der Waals surface area contributed by atoms with Crippen molar-refractivity contribution in [2.24, 2.45) is 10.8 Å². The molecule has 306 valence electrons. The van der Waals surface area contributed by atoms with E-state index in [0.717, 1.165) is 89.1 Å². The van der Waals surface area contributed by atoms with Gasteiger partial charge in [-0.1, -0.05) is 149 Å². The number of aryl methyl sites for hydroxylation is 4. The number of hydrogen-bond acceptors (Lipinski definition) is 6. The molecule has 0 aliphatic heterocycles. The summed E-state index contributed by atoms with van der Waals surface area (Å²) in [6.07, 6.45) is 11.7. The number of benzene rings is 4. The first kappa shape index (κ1) is 42.7. The number of hydrogen-bond donors (Lipinski definition) is 0. The van der Waals surface area contributed by atoms with Gasteiger partial charge in [0.25, 0.3) is 0 Å². The zero-order valence-electron chi connectivity index (χ0n) is 35.8. The molecule has 58 heavy (non-hydrogen) atoms. The van der Waals surface area contributed by atoms with Crippen molar-refractivity contribution in [1.82, 2.24) is 30.0 Å². The molecule has 0 bridgehead atoms. The highest BCUT2D eigenvalue weighted by molar-refractivity contribution is 5.64. The Bertz CT molecular complexity index is 1930. The summed E-state index contributed by atoms with van der Waals surface area (Å²) >= 11 is 0. The summed E-state index contributed by atoms with van der Waals surface area (Å²) in [4.78, 5) is 0. The molecule has 0 atom stereocenters. The molecular formula is C50H64N6O2. The summed E-state index contributed by atoms with van der Waals surface area (Å²) in [5, 5.41) is 17.3. The lowest BCUT2D eigenvalue weighted by atomic mass is 9.93. The van der Waals surface area contributed by atoms with Gasteiger partial charge in [-0.25, -0.2) is 9.36 Å². The number of aromatic nitrogens is 6. The third kappa shape index (κ3) is 14.8. The normalized spacial score (nSPS) is 12.0. The first-order valence-electron chi connectivity index (χ1n) is 21.2. The maximum absolute atomic E-state index is 5.79. The lowest BCUT2D eigenvalue weighted by molar-refractivity contribution is 0.0994. The van der Waals surface area contributed by atoms with E-state index in [4.69, 9.17) is 9.47 Å². The lowest BCUT2D eigenvalue weighted by Gasteiger charge is -2.17. The first-order valence-corrected chi connectivity index (χ1v) is 21.2. The molecule has 8 heteroatoms. The quantitative estimate of drug-likeness (QED) is 0.0677. The van der Waals surface area contributed by atoms with E-state index in [9.17, 15) is 0 Å². The highest BCUT2D eigenvalue weighted by Crippen LogP contribution is 2.23. The average Bonchev–Trinajstić information content (AvgIpc) is 3.86. The smallest absolute Gasteiger partial charge is 0.0830 e. The summed E-state index contributed by atoms with van der Waals surface area (Å²) in [7, 11) is 0. The van der Waals surface area contributed by atoms with Gasteiger partial charge in [0.15, 0.2) is 0 Å². The Balaban J connectivity index is 0.888. The maximum atomic E-state index is 5.79. The van der Waals surface area contributed by atoms with Gasteiger partial charge < -0.3 is 9.47 Å². The summed E-state index contributed by atoms with van der Waals surface area (Å²) < 4.78 is 15.4. The molecule has 0 fully saturated rings. The molecule has 8 nitrogen and oxygen atoms in total. The molecule has 0 amide bonds. The van der Waals surface area contributed by atoms with E-state index in [2.05, 4.69) is 159 Å². The fourth-order valence-electron chi connectivity index (χ4n) is 6.70. The summed E-state index contributed by atoms with van der Waals surface area (Å²) in [6, 6.07) is 36.0. The zero-order valence-corrected chi connectivity index (χ0v) is 35.8. The van der Waals surface area contributed by atoms with Crippen LogP contribution >= 0.6 is 0 Å². The fraction of sp³-hybridized carbons (Fsp3) is 0.440. The van der Waals surface area contributed by atoms with E-state index in [1.54, 1.807) is 0 Å². The Hall–Kier alpha value is -4.92. The molecule has 0 saturated carbocycles. The van der Waals surface area contributed by atoms with E-state index in [-0.39, 0.29) is 0 Å². The third-order valence-corrected chi connectivity index (χ3v) is 10.5. The van der Waals surface area contributed by atoms with Crippen LogP contribution in [0.15, 0.2) is 109 Å². The highest BCUT2D eigenvalue weighted by atomic mass is 16.5. The second-order valence-corrected chi connectivity index (χ2v) is 18.2. The minimum atomic E-state index is 0.298. The van der Waals surface area contributed by atoms with Crippen molar-refractivity contribution in [1.29, 1.82) is 0 Å². The number of rotatable bonds is 21. The fourth-order valence-corrected chi connectivity index (χ4v) is 6.70. The second-order valence-electron chi connectivity index (χ2n) is 18.2. The van der Waals surface area contributed by atoms with Crippen LogP contribution in [0, 0.1) is 10.8 Å². The summed E-state index contributed by atoms with van der Waals surface area (Å²) in [5.41, 5.74) is 13.0. The zero-order chi connectivity index (χ0) is 40.8. The van der Waals surface area contributed by atoms with Crippen molar-refractivity contribution in [3.05, 3.63) is 154 Å². The molecule has 0 aliphatic carbocycles. The van der Waals surface area contributed by atoms with E-state index in [1.807, 2.05) is 21.8 Å². The van der Waals surface area contributed by atoms with Crippen LogP contribution in [0.1, 0.15) is 99.2 Å². The largest absolute Gasteiger partial charge is 0.380 e. The van der Waals surface area contributed by atoms with Crippen molar-refractivity contribution in [2.75, 3.05) is 26.4 Å². The van der Waals surface area contributed by atoms with Gasteiger partial charge in [-0.05, 0) is 107 Å². The van der Waals surface area contributed by atoms with Crippen molar-refractivity contribution >= 4 is 0 Å². The molecule has 6 aromatic rings. The second kappa shape index (κ2) is 20.7. The Morgan fingerprint density at radius 2 is 0.741 bits per heavy atom. The van der Waals surface area contributed by atoms with Crippen molar-refractivity contribution in [3.8, 4) is 11.1 Å². The number of nitrogens with zero attached hydrogens (tertiary/aromatic N) is 6. The molecule has 0 unspecified atom stereocenters. The third-order valence-electron chi connectivity index (χ3n) is 10.5. The Labute approximate surface area is 347 Å². The standard InChI is InChI=1S/C50H64N6O2/c1-49(2,3)27-31-57-33-29-55-37-47(51-53-55)25-19-39-7-11-41(12-8-39)35-43-15-21-45(22-16-43)46-23-17-44(18-24-46)36-42-13-9-40(10-14-42)20-26-48-38-56(54-52-48)30-34-58-32-28-50(4,5)6/h7-18,21-24,37-38H,19-20,25-36H2,1-6H3. The van der Waals surface area contributed by atoms with Gasteiger partial charge in [-0.2, -0.15) is 0 Å². The first-order chi connectivity index (χ1) is 27.9. The molecule has 2 aromatic heterocycles. The predicted octanol–water partition coefficient (Wildman–Crippen LogP) is 10.2. The van der Waals surface area contributed by atoms with Gasteiger partial charge in [0.05, 0.1) is 37.7 Å². The van der Waals surface area contributed by atoms with Crippen molar-refractivity contribution in [3.63, 3.8) is 0 Å². The highest BCUT2D eigenvalue weighted by Gasteiger charge is 2.11. The van der Waals surface area contributed by atoms with E-state index in [1.165, 1.54) is 44.5 Å². The molecular weight excluding hydrogens is 717 g/mol. The van der Waals surface area contributed by atoms with Crippen LogP contribution in [0.2, 0.25) is 0 Å². The van der Waals surface area contributed by atoms with Gasteiger partial charge >= 0.3 is 0 Å². The Kier molecular flexibility index (Phi) is 15.2. The van der Waals surface area contributed by atoms with Crippen LogP contribution in [0.3, 0.4) is 0 Å². The summed E-state index contributed by atoms with van der Waals surface area (Å²) in [5.74, 6) is 0. The topological polar surface area (TPSA) is 79.9 Å². The van der Waals surface area contributed by atoms with Crippen LogP contribution in [0.25, 0.3) is 11.1 Å². The molecule has 0 radical (unpaired) electrons. The van der Waals surface area contributed by atoms with Gasteiger partial charge in [-0.3, -0.25) is 0 Å². The van der Waals surface area contributed by atoms with Crippen LogP contribution in [-0.4, -0.2) is 56.4 Å². The van der Waals surface area contributed by atoms with Crippen LogP contribution < -0.4 is 0 Å². The van der Waals surface area contributed by atoms with E-state index in [0.29, 0.717) is 24.0 Å². The maximum Gasteiger partial charge on any atom is 0.0830 e. The van der Waals surface area contributed by atoms with Crippen molar-refractivity contribution in [2.45, 2.75) is 106 Å².